The van der Waals surface area contributed by atoms with Crippen LogP contribution in [0.3, 0.4) is 0 Å². The molecule has 0 radical (unpaired) electrons. The fraction of sp³-hybridized carbons (Fsp3) is 0.167. The first-order valence-corrected chi connectivity index (χ1v) is 12.5. The van der Waals surface area contributed by atoms with E-state index in [1.54, 1.807) is 17.0 Å². The summed E-state index contributed by atoms with van der Waals surface area (Å²) in [7, 11) is -3.42. The summed E-state index contributed by atoms with van der Waals surface area (Å²) in [5, 5.41) is 0.589. The highest BCUT2D eigenvalue weighted by Gasteiger charge is 2.23. The lowest BCUT2D eigenvalue weighted by molar-refractivity contribution is 0.0985. The van der Waals surface area contributed by atoms with Gasteiger partial charge in [-0.15, -0.1) is 0 Å². The van der Waals surface area contributed by atoms with E-state index in [9.17, 15) is 13.2 Å². The molecule has 4 rings (SSSR count). The van der Waals surface area contributed by atoms with Crippen LogP contribution in [0, 0.1) is 13.8 Å². The minimum atomic E-state index is -3.42. The van der Waals surface area contributed by atoms with Crippen molar-refractivity contribution in [2.45, 2.75) is 25.3 Å². The molecule has 3 aromatic carbocycles. The third-order valence-electron chi connectivity index (χ3n) is 5.10. The average Bonchev–Trinajstić information content (AvgIpc) is 3.21. The van der Waals surface area contributed by atoms with Crippen molar-refractivity contribution in [1.29, 1.82) is 0 Å². The van der Waals surface area contributed by atoms with Gasteiger partial charge in [0.25, 0.3) is 5.91 Å². The summed E-state index contributed by atoms with van der Waals surface area (Å²) in [6.07, 6.45) is 1.14. The molecule has 0 bridgehead atoms. The number of sulfone groups is 1. The number of carbonyl (C=O) groups is 1. The molecule has 158 valence electrons. The van der Waals surface area contributed by atoms with E-state index in [0.717, 1.165) is 33.2 Å². The van der Waals surface area contributed by atoms with Crippen LogP contribution >= 0.6 is 11.3 Å². The fourth-order valence-electron chi connectivity index (χ4n) is 3.37. The summed E-state index contributed by atoms with van der Waals surface area (Å²) in [6.45, 7) is 4.37. The Morgan fingerprint density at radius 3 is 2.35 bits per heavy atom. The number of benzene rings is 3. The smallest absolute Gasteiger partial charge is 0.260 e. The molecule has 0 saturated carbocycles. The summed E-state index contributed by atoms with van der Waals surface area (Å²) >= 11 is 1.47. The number of hydrogen-bond acceptors (Lipinski definition) is 5. The number of rotatable bonds is 5. The monoisotopic (exact) mass is 450 g/mol. The number of carbonyl (C=O) groups excluding carboxylic acids is 1. The Hall–Kier alpha value is -3.03. The zero-order valence-corrected chi connectivity index (χ0v) is 19.1. The fourth-order valence-corrected chi connectivity index (χ4v) is 5.15. The highest BCUT2D eigenvalue weighted by Crippen LogP contribution is 2.34. The van der Waals surface area contributed by atoms with Gasteiger partial charge < -0.3 is 0 Å². The molecule has 0 atom stereocenters. The van der Waals surface area contributed by atoms with Crippen molar-refractivity contribution < 1.29 is 13.2 Å². The van der Waals surface area contributed by atoms with Crippen molar-refractivity contribution in [3.05, 3.63) is 89.0 Å². The SMILES string of the molecule is Cc1ccc(C)c2sc(N(Cc3ccccc3)C(=O)c3cccc(S(C)(=O)=O)c3)nc12. The van der Waals surface area contributed by atoms with Crippen LogP contribution in [0.4, 0.5) is 5.13 Å². The predicted octanol–water partition coefficient (Wildman–Crippen LogP) is 5.16. The molecule has 1 amide bonds. The normalized spacial score (nSPS) is 11.6. The van der Waals surface area contributed by atoms with Crippen molar-refractivity contribution in [1.82, 2.24) is 4.98 Å². The number of aryl methyl sites for hydroxylation is 2. The molecule has 4 aromatic rings. The first-order chi connectivity index (χ1) is 14.7. The largest absolute Gasteiger partial charge is 0.279 e. The second-order valence-corrected chi connectivity index (χ2v) is 10.5. The lowest BCUT2D eigenvalue weighted by Gasteiger charge is -2.20. The molecule has 0 fully saturated rings. The first-order valence-electron chi connectivity index (χ1n) is 9.77. The molecule has 1 aromatic heterocycles. The highest BCUT2D eigenvalue weighted by molar-refractivity contribution is 7.90. The van der Waals surface area contributed by atoms with Gasteiger partial charge in [0.2, 0.25) is 0 Å². The van der Waals surface area contributed by atoms with E-state index < -0.39 is 9.84 Å². The van der Waals surface area contributed by atoms with Crippen molar-refractivity contribution >= 4 is 42.4 Å². The van der Waals surface area contributed by atoms with Gasteiger partial charge in [-0.2, -0.15) is 0 Å². The maximum atomic E-state index is 13.6. The van der Waals surface area contributed by atoms with Gasteiger partial charge in [-0.1, -0.05) is 59.9 Å². The second kappa shape index (κ2) is 8.24. The Balaban J connectivity index is 1.83. The van der Waals surface area contributed by atoms with Crippen molar-refractivity contribution in [2.24, 2.45) is 0 Å². The van der Waals surface area contributed by atoms with E-state index >= 15 is 0 Å². The number of nitrogens with zero attached hydrogens (tertiary/aromatic N) is 2. The molecule has 0 aliphatic rings. The van der Waals surface area contributed by atoms with Crippen LogP contribution in [0.5, 0.6) is 0 Å². The Morgan fingerprint density at radius 1 is 0.968 bits per heavy atom. The van der Waals surface area contributed by atoms with Crippen LogP contribution in [-0.4, -0.2) is 25.6 Å². The molecular formula is C24H22N2O3S2. The standard InChI is InChI=1S/C24H22N2O3S2/c1-16-12-13-17(2)22-21(16)25-24(30-22)26(15-18-8-5-4-6-9-18)23(27)19-10-7-11-20(14-19)31(3,28)29/h4-14H,15H2,1-3H3. The summed E-state index contributed by atoms with van der Waals surface area (Å²) in [6, 6.07) is 19.9. The lowest BCUT2D eigenvalue weighted by atomic mass is 10.1. The van der Waals surface area contributed by atoms with Crippen molar-refractivity contribution in [2.75, 3.05) is 11.2 Å². The van der Waals surface area contributed by atoms with Gasteiger partial charge in [-0.05, 0) is 48.7 Å². The van der Waals surface area contributed by atoms with E-state index in [1.807, 2.05) is 50.2 Å². The molecular weight excluding hydrogens is 428 g/mol. The third kappa shape index (κ3) is 4.38. The van der Waals surface area contributed by atoms with E-state index in [1.165, 1.54) is 23.5 Å². The van der Waals surface area contributed by atoms with Gasteiger partial charge in [0.15, 0.2) is 15.0 Å². The quantitative estimate of drug-likeness (QED) is 0.421. The van der Waals surface area contributed by atoms with Crippen LogP contribution in [-0.2, 0) is 16.4 Å². The van der Waals surface area contributed by atoms with Crippen molar-refractivity contribution in [3.63, 3.8) is 0 Å². The molecule has 0 aliphatic heterocycles. The second-order valence-electron chi connectivity index (χ2n) is 7.55. The van der Waals surface area contributed by atoms with E-state index in [4.69, 9.17) is 4.98 Å². The molecule has 0 unspecified atom stereocenters. The molecule has 5 nitrogen and oxygen atoms in total. The first kappa shape index (κ1) is 21.2. The minimum Gasteiger partial charge on any atom is -0.279 e. The van der Waals surface area contributed by atoms with E-state index in [-0.39, 0.29) is 10.8 Å². The van der Waals surface area contributed by atoms with E-state index in [2.05, 4.69) is 6.07 Å². The van der Waals surface area contributed by atoms with Crippen molar-refractivity contribution in [3.8, 4) is 0 Å². The molecule has 0 saturated heterocycles. The number of amides is 1. The number of fused-ring (bicyclic) bond motifs is 1. The zero-order valence-electron chi connectivity index (χ0n) is 17.5. The summed E-state index contributed by atoms with van der Waals surface area (Å²) < 4.78 is 25.0. The maximum absolute atomic E-state index is 13.6. The third-order valence-corrected chi connectivity index (χ3v) is 7.42. The number of hydrogen-bond donors (Lipinski definition) is 0. The number of thiazole rings is 1. The number of aromatic nitrogens is 1. The highest BCUT2D eigenvalue weighted by atomic mass is 32.2. The van der Waals surface area contributed by atoms with Crippen LogP contribution in [0.1, 0.15) is 27.0 Å². The lowest BCUT2D eigenvalue weighted by Crippen LogP contribution is -2.30. The van der Waals surface area contributed by atoms with E-state index in [0.29, 0.717) is 17.2 Å². The molecule has 1 heterocycles. The number of anilines is 1. The van der Waals surface area contributed by atoms with Gasteiger partial charge >= 0.3 is 0 Å². The van der Waals surface area contributed by atoms with Gasteiger partial charge in [0, 0.05) is 11.8 Å². The zero-order chi connectivity index (χ0) is 22.2. The molecule has 7 heteroatoms. The molecule has 0 aliphatic carbocycles. The van der Waals surface area contributed by atoms with Gasteiger partial charge in [0.05, 0.1) is 21.7 Å². The van der Waals surface area contributed by atoms with Gasteiger partial charge in [-0.3, -0.25) is 9.69 Å². The Morgan fingerprint density at radius 2 is 1.68 bits per heavy atom. The Kier molecular flexibility index (Phi) is 5.64. The van der Waals surface area contributed by atoms with Gasteiger partial charge in [-0.25, -0.2) is 13.4 Å². The molecule has 0 N–H and O–H groups in total. The Labute approximate surface area is 185 Å². The van der Waals surface area contributed by atoms with Crippen LogP contribution in [0.15, 0.2) is 71.6 Å². The van der Waals surface area contributed by atoms with Crippen LogP contribution in [0.2, 0.25) is 0 Å². The average molecular weight is 451 g/mol. The summed E-state index contributed by atoms with van der Waals surface area (Å²) in [5.41, 5.74) is 4.31. The van der Waals surface area contributed by atoms with Gasteiger partial charge in [0.1, 0.15) is 0 Å². The summed E-state index contributed by atoms with van der Waals surface area (Å²) in [4.78, 5) is 20.1. The molecule has 31 heavy (non-hydrogen) atoms. The minimum absolute atomic E-state index is 0.119. The van der Waals surface area contributed by atoms with Crippen LogP contribution in [0.25, 0.3) is 10.2 Å². The predicted molar refractivity (Wildman–Crippen MR) is 126 cm³/mol. The topological polar surface area (TPSA) is 67.3 Å². The summed E-state index contributed by atoms with van der Waals surface area (Å²) in [5.74, 6) is -0.288. The molecule has 0 spiro atoms. The maximum Gasteiger partial charge on any atom is 0.260 e. The Bertz CT molecular complexity index is 1340. The van der Waals surface area contributed by atoms with Crippen LogP contribution < -0.4 is 4.90 Å².